The number of nitrogens with one attached hydrogen (secondary N) is 1. The van der Waals surface area contributed by atoms with Gasteiger partial charge in [-0.2, -0.15) is 0 Å². The van der Waals surface area contributed by atoms with E-state index in [0.717, 1.165) is 19.6 Å². The van der Waals surface area contributed by atoms with Gasteiger partial charge < -0.3 is 10.1 Å². The fraction of sp³-hybridized carbons (Fsp3) is 0.667. The molecule has 1 N–H and O–H groups in total. The van der Waals surface area contributed by atoms with Crippen LogP contribution in [0.2, 0.25) is 0 Å². The van der Waals surface area contributed by atoms with Crippen molar-refractivity contribution in [1.29, 1.82) is 0 Å². The molecule has 0 aromatic heterocycles. The van der Waals surface area contributed by atoms with E-state index in [1.807, 2.05) is 0 Å². The highest BCUT2D eigenvalue weighted by molar-refractivity contribution is 5.29. The van der Waals surface area contributed by atoms with Crippen molar-refractivity contribution in [1.82, 2.24) is 5.32 Å². The first kappa shape index (κ1) is 15.5. The third kappa shape index (κ3) is 4.60. The van der Waals surface area contributed by atoms with Crippen molar-refractivity contribution < 1.29 is 4.74 Å². The van der Waals surface area contributed by atoms with E-state index < -0.39 is 0 Å². The van der Waals surface area contributed by atoms with Crippen LogP contribution >= 0.6 is 0 Å². The van der Waals surface area contributed by atoms with Gasteiger partial charge in [-0.3, -0.25) is 0 Å². The molecule has 2 unspecified atom stereocenters. The summed E-state index contributed by atoms with van der Waals surface area (Å²) >= 11 is 0. The largest absolute Gasteiger partial charge is 0.378 e. The van der Waals surface area contributed by atoms with E-state index in [-0.39, 0.29) is 5.54 Å². The van der Waals surface area contributed by atoms with Gasteiger partial charge in [-0.1, -0.05) is 24.3 Å². The van der Waals surface area contributed by atoms with Gasteiger partial charge >= 0.3 is 0 Å². The molecule has 1 aromatic carbocycles. The average Bonchev–Trinajstić information content (AvgIpc) is 2.87. The predicted octanol–water partition coefficient (Wildman–Crippen LogP) is 4.04. The summed E-state index contributed by atoms with van der Waals surface area (Å²) in [6, 6.07) is 8.77. The molecule has 2 atom stereocenters. The maximum Gasteiger partial charge on any atom is 0.0582 e. The molecule has 1 aliphatic heterocycles. The molecule has 2 rings (SSSR count). The number of rotatable bonds is 5. The molecule has 0 amide bonds. The zero-order chi connectivity index (χ0) is 14.6. The highest BCUT2D eigenvalue weighted by Crippen LogP contribution is 2.29. The lowest BCUT2D eigenvalue weighted by atomic mass is 9.88. The molecule has 1 fully saturated rings. The minimum absolute atomic E-state index is 0.164. The molecule has 1 saturated heterocycles. The molecule has 0 aliphatic carbocycles. The third-order valence-electron chi connectivity index (χ3n) is 4.08. The summed E-state index contributed by atoms with van der Waals surface area (Å²) in [4.78, 5) is 0. The van der Waals surface area contributed by atoms with E-state index in [1.165, 1.54) is 24.0 Å². The van der Waals surface area contributed by atoms with Gasteiger partial charge in [0.15, 0.2) is 0 Å². The molecule has 0 spiro atoms. The standard InChI is InChI=1S/C18H29NO/c1-14-8-5-6-10-17(14)15(13-19-18(2,3)4)12-16-9-7-11-20-16/h5-6,8,10,15-16,19H,7,9,11-13H2,1-4H3. The maximum absolute atomic E-state index is 5.85. The van der Waals surface area contributed by atoms with Crippen molar-refractivity contribution in [3.63, 3.8) is 0 Å². The van der Waals surface area contributed by atoms with Crippen molar-refractivity contribution in [2.75, 3.05) is 13.2 Å². The first-order chi connectivity index (χ1) is 9.46. The Kier molecular flexibility index (Phi) is 5.22. The minimum Gasteiger partial charge on any atom is -0.378 e. The lowest BCUT2D eigenvalue weighted by Gasteiger charge is -2.28. The number of ether oxygens (including phenoxy) is 1. The van der Waals surface area contributed by atoms with E-state index >= 15 is 0 Å². The fourth-order valence-electron chi connectivity index (χ4n) is 2.94. The topological polar surface area (TPSA) is 21.3 Å². The van der Waals surface area contributed by atoms with Crippen LogP contribution in [0.4, 0.5) is 0 Å². The third-order valence-corrected chi connectivity index (χ3v) is 4.08. The summed E-state index contributed by atoms with van der Waals surface area (Å²) in [5, 5.41) is 3.67. The van der Waals surface area contributed by atoms with Crippen LogP contribution < -0.4 is 5.32 Å². The van der Waals surface area contributed by atoms with Gasteiger partial charge in [0.1, 0.15) is 0 Å². The number of benzene rings is 1. The monoisotopic (exact) mass is 275 g/mol. The second-order valence-electron chi connectivity index (χ2n) is 7.06. The Morgan fingerprint density at radius 3 is 2.65 bits per heavy atom. The first-order valence-electron chi connectivity index (χ1n) is 7.88. The van der Waals surface area contributed by atoms with E-state index in [2.05, 4.69) is 57.3 Å². The van der Waals surface area contributed by atoms with Crippen LogP contribution in [0.5, 0.6) is 0 Å². The molecule has 20 heavy (non-hydrogen) atoms. The summed E-state index contributed by atoms with van der Waals surface area (Å²) in [5.74, 6) is 0.540. The lowest BCUT2D eigenvalue weighted by molar-refractivity contribution is 0.0969. The summed E-state index contributed by atoms with van der Waals surface area (Å²) in [5.41, 5.74) is 3.03. The molecule has 1 aromatic rings. The second-order valence-corrected chi connectivity index (χ2v) is 7.06. The van der Waals surface area contributed by atoms with Gasteiger partial charge in [0.05, 0.1) is 6.10 Å². The number of hydrogen-bond acceptors (Lipinski definition) is 2. The molecule has 0 radical (unpaired) electrons. The molecular formula is C18H29NO. The van der Waals surface area contributed by atoms with Crippen LogP contribution in [-0.2, 0) is 4.74 Å². The van der Waals surface area contributed by atoms with E-state index in [0.29, 0.717) is 12.0 Å². The molecular weight excluding hydrogens is 246 g/mol. The maximum atomic E-state index is 5.85. The minimum atomic E-state index is 0.164. The Balaban J connectivity index is 2.08. The Labute approximate surface area is 123 Å². The smallest absolute Gasteiger partial charge is 0.0582 e. The Morgan fingerprint density at radius 2 is 2.05 bits per heavy atom. The highest BCUT2D eigenvalue weighted by Gasteiger charge is 2.24. The van der Waals surface area contributed by atoms with Crippen molar-refractivity contribution in [2.24, 2.45) is 0 Å². The summed E-state index contributed by atoms with van der Waals surface area (Å²) in [6.45, 7) is 10.9. The van der Waals surface area contributed by atoms with Gasteiger partial charge in [-0.25, -0.2) is 0 Å². The van der Waals surface area contributed by atoms with E-state index in [1.54, 1.807) is 0 Å². The fourth-order valence-corrected chi connectivity index (χ4v) is 2.94. The van der Waals surface area contributed by atoms with Crippen LogP contribution in [0, 0.1) is 6.92 Å². The normalized spacial score (nSPS) is 21.1. The van der Waals surface area contributed by atoms with Crippen LogP contribution in [0.3, 0.4) is 0 Å². The van der Waals surface area contributed by atoms with Crippen LogP contribution in [-0.4, -0.2) is 24.8 Å². The second kappa shape index (κ2) is 6.73. The van der Waals surface area contributed by atoms with E-state index in [9.17, 15) is 0 Å². The average molecular weight is 275 g/mol. The highest BCUT2D eigenvalue weighted by atomic mass is 16.5. The zero-order valence-electron chi connectivity index (χ0n) is 13.4. The molecule has 0 saturated carbocycles. The molecule has 2 heteroatoms. The first-order valence-corrected chi connectivity index (χ1v) is 7.88. The molecule has 1 aliphatic rings. The molecule has 1 heterocycles. The van der Waals surface area contributed by atoms with E-state index in [4.69, 9.17) is 4.74 Å². The molecule has 0 bridgehead atoms. The van der Waals surface area contributed by atoms with Gasteiger partial charge in [0, 0.05) is 18.7 Å². The van der Waals surface area contributed by atoms with Crippen LogP contribution in [0.15, 0.2) is 24.3 Å². The van der Waals surface area contributed by atoms with Gasteiger partial charge in [-0.15, -0.1) is 0 Å². The SMILES string of the molecule is Cc1ccccc1C(CNC(C)(C)C)CC1CCCO1. The number of aryl methyl sites for hydroxylation is 1. The van der Waals surface area contributed by atoms with Crippen molar-refractivity contribution in [2.45, 2.75) is 64.5 Å². The summed E-state index contributed by atoms with van der Waals surface area (Å²) in [7, 11) is 0. The summed E-state index contributed by atoms with van der Waals surface area (Å²) < 4.78 is 5.85. The van der Waals surface area contributed by atoms with Crippen LogP contribution in [0.25, 0.3) is 0 Å². The van der Waals surface area contributed by atoms with Crippen LogP contribution in [0.1, 0.15) is 57.1 Å². The summed E-state index contributed by atoms with van der Waals surface area (Å²) in [6.07, 6.45) is 4.02. The van der Waals surface area contributed by atoms with Crippen molar-refractivity contribution in [3.05, 3.63) is 35.4 Å². The zero-order valence-corrected chi connectivity index (χ0v) is 13.4. The van der Waals surface area contributed by atoms with Gasteiger partial charge in [-0.05, 0) is 64.0 Å². The molecule has 112 valence electrons. The van der Waals surface area contributed by atoms with Crippen molar-refractivity contribution in [3.8, 4) is 0 Å². The predicted molar refractivity (Wildman–Crippen MR) is 85.3 cm³/mol. The Bertz CT molecular complexity index is 416. The Morgan fingerprint density at radius 1 is 1.30 bits per heavy atom. The quantitative estimate of drug-likeness (QED) is 0.876. The molecule has 2 nitrogen and oxygen atoms in total. The number of hydrogen-bond donors (Lipinski definition) is 1. The van der Waals surface area contributed by atoms with Gasteiger partial charge in [0.2, 0.25) is 0 Å². The lowest BCUT2D eigenvalue weighted by Crippen LogP contribution is -2.39. The van der Waals surface area contributed by atoms with Gasteiger partial charge in [0.25, 0.3) is 0 Å². The van der Waals surface area contributed by atoms with Crippen molar-refractivity contribution >= 4 is 0 Å². The Hall–Kier alpha value is -0.860.